The molecular weight excluding hydrogens is 396 g/mol. The molecule has 0 aliphatic rings. The van der Waals surface area contributed by atoms with Gasteiger partial charge in [0.05, 0.1) is 11.3 Å². The number of para-hydroxylation sites is 1. The summed E-state index contributed by atoms with van der Waals surface area (Å²) in [6.07, 6.45) is 1.77. The van der Waals surface area contributed by atoms with Gasteiger partial charge in [-0.1, -0.05) is 30.0 Å². The Morgan fingerprint density at radius 1 is 1.21 bits per heavy atom. The third-order valence-electron chi connectivity index (χ3n) is 4.54. The fourth-order valence-corrected chi connectivity index (χ4v) is 3.58. The third kappa shape index (κ3) is 3.14. The summed E-state index contributed by atoms with van der Waals surface area (Å²) in [6.45, 7) is 0. The van der Waals surface area contributed by atoms with Crippen LogP contribution in [0.25, 0.3) is 22.4 Å². The highest BCUT2D eigenvalue weighted by Crippen LogP contribution is 2.29. The minimum absolute atomic E-state index is 0.146. The van der Waals surface area contributed by atoms with Crippen LogP contribution in [0.15, 0.2) is 49.7 Å². The Labute approximate surface area is 167 Å². The van der Waals surface area contributed by atoms with Gasteiger partial charge in [-0.2, -0.15) is 0 Å². The van der Waals surface area contributed by atoms with E-state index in [9.17, 15) is 14.4 Å². The molecule has 0 saturated heterocycles. The number of aromatic nitrogens is 5. The summed E-state index contributed by atoms with van der Waals surface area (Å²) >= 11 is 0.989. The zero-order valence-electron chi connectivity index (χ0n) is 15.5. The summed E-state index contributed by atoms with van der Waals surface area (Å²) in [5.74, 6) is -0.535. The molecule has 0 aliphatic heterocycles. The number of hydrogen-bond acceptors (Lipinski definition) is 8. The Morgan fingerprint density at radius 3 is 2.76 bits per heavy atom. The summed E-state index contributed by atoms with van der Waals surface area (Å²) in [5.41, 5.74) is 5.92. The van der Waals surface area contributed by atoms with Gasteiger partial charge in [0, 0.05) is 31.2 Å². The van der Waals surface area contributed by atoms with Gasteiger partial charge in [-0.15, -0.1) is 10.2 Å². The quantitative estimate of drug-likeness (QED) is 0.367. The third-order valence-corrected chi connectivity index (χ3v) is 5.36. The lowest BCUT2D eigenvalue weighted by Gasteiger charge is -2.10. The van der Waals surface area contributed by atoms with Crippen molar-refractivity contribution in [1.82, 2.24) is 24.3 Å². The maximum atomic E-state index is 12.6. The molecule has 0 atom stereocenters. The van der Waals surface area contributed by atoms with E-state index >= 15 is 0 Å². The van der Waals surface area contributed by atoms with Crippen molar-refractivity contribution in [1.29, 1.82) is 0 Å². The van der Waals surface area contributed by atoms with Crippen LogP contribution in [0.3, 0.4) is 0 Å². The Bertz CT molecular complexity index is 1360. The SMILES string of the molecule is Cn1c(N)c(C(=O)CSc2nnc(-c3c[nH]c4ccccc34)o2)c(=O)n(C)c1=O. The minimum Gasteiger partial charge on any atom is -0.411 e. The van der Waals surface area contributed by atoms with E-state index in [-0.39, 0.29) is 22.4 Å². The van der Waals surface area contributed by atoms with Gasteiger partial charge in [-0.3, -0.25) is 18.7 Å². The molecule has 11 heteroatoms. The fourth-order valence-electron chi connectivity index (χ4n) is 2.95. The van der Waals surface area contributed by atoms with Crippen LogP contribution in [-0.4, -0.2) is 35.9 Å². The second-order valence-electron chi connectivity index (χ2n) is 6.30. The number of carbonyl (C=O) groups excluding carboxylic acids is 1. The van der Waals surface area contributed by atoms with E-state index < -0.39 is 17.0 Å². The maximum Gasteiger partial charge on any atom is 0.332 e. The molecule has 3 N–H and O–H groups in total. The number of H-pyrrole nitrogens is 1. The molecule has 10 nitrogen and oxygen atoms in total. The molecule has 0 aliphatic carbocycles. The summed E-state index contributed by atoms with van der Waals surface area (Å²) in [7, 11) is 2.69. The number of benzene rings is 1. The predicted molar refractivity (Wildman–Crippen MR) is 108 cm³/mol. The van der Waals surface area contributed by atoms with Gasteiger partial charge in [0.1, 0.15) is 11.4 Å². The number of aromatic amines is 1. The summed E-state index contributed by atoms with van der Waals surface area (Å²) < 4.78 is 7.55. The molecule has 4 rings (SSSR count). The Balaban J connectivity index is 1.56. The Morgan fingerprint density at radius 2 is 1.97 bits per heavy atom. The zero-order valence-corrected chi connectivity index (χ0v) is 16.3. The van der Waals surface area contributed by atoms with Crippen molar-refractivity contribution in [3.8, 4) is 11.5 Å². The van der Waals surface area contributed by atoms with Crippen molar-refractivity contribution in [2.45, 2.75) is 5.22 Å². The van der Waals surface area contributed by atoms with Crippen molar-refractivity contribution < 1.29 is 9.21 Å². The van der Waals surface area contributed by atoms with E-state index in [1.54, 1.807) is 6.20 Å². The van der Waals surface area contributed by atoms with Crippen LogP contribution in [0.4, 0.5) is 5.82 Å². The van der Waals surface area contributed by atoms with Crippen molar-refractivity contribution in [2.24, 2.45) is 14.1 Å². The number of anilines is 1. The van der Waals surface area contributed by atoms with Gasteiger partial charge < -0.3 is 15.1 Å². The predicted octanol–water partition coefficient (Wildman–Crippen LogP) is 1.17. The second-order valence-corrected chi connectivity index (χ2v) is 7.23. The number of nitrogen functional groups attached to an aromatic ring is 1. The molecule has 3 heterocycles. The van der Waals surface area contributed by atoms with Gasteiger partial charge in [-0.05, 0) is 6.07 Å². The summed E-state index contributed by atoms with van der Waals surface area (Å²) in [6, 6.07) is 7.68. The number of fused-ring (bicyclic) bond motifs is 1. The number of nitrogens with zero attached hydrogens (tertiary/aromatic N) is 4. The zero-order chi connectivity index (χ0) is 20.7. The molecule has 0 radical (unpaired) electrons. The molecule has 29 heavy (non-hydrogen) atoms. The number of rotatable bonds is 5. The molecule has 0 unspecified atom stereocenters. The molecule has 1 aromatic carbocycles. The second kappa shape index (κ2) is 7.09. The highest BCUT2D eigenvalue weighted by molar-refractivity contribution is 7.99. The number of nitrogens with one attached hydrogen (secondary N) is 1. The standard InChI is InChI=1S/C18H16N6O4S/c1-23-14(19)13(16(26)24(2)18(23)27)12(25)8-29-17-22-21-15(28-17)10-7-20-11-6-4-3-5-9(10)11/h3-7,20H,8,19H2,1-2H3. The van der Waals surface area contributed by atoms with E-state index in [1.165, 1.54) is 14.1 Å². The molecular formula is C18H16N6O4S. The van der Waals surface area contributed by atoms with Crippen molar-refractivity contribution in [3.63, 3.8) is 0 Å². The van der Waals surface area contributed by atoms with Crippen LogP contribution in [0.5, 0.6) is 0 Å². The van der Waals surface area contributed by atoms with E-state index in [0.29, 0.717) is 5.89 Å². The number of carbonyl (C=O) groups is 1. The molecule has 0 fully saturated rings. The average Bonchev–Trinajstić information content (AvgIpc) is 3.36. The van der Waals surface area contributed by atoms with Gasteiger partial charge in [0.25, 0.3) is 16.7 Å². The van der Waals surface area contributed by atoms with E-state index in [2.05, 4.69) is 15.2 Å². The average molecular weight is 412 g/mol. The van der Waals surface area contributed by atoms with Crippen LogP contribution in [0, 0.1) is 0 Å². The molecule has 3 aromatic heterocycles. The van der Waals surface area contributed by atoms with Crippen LogP contribution < -0.4 is 17.0 Å². The van der Waals surface area contributed by atoms with Gasteiger partial charge >= 0.3 is 5.69 Å². The molecule has 0 saturated carbocycles. The first-order chi connectivity index (χ1) is 13.9. The van der Waals surface area contributed by atoms with Gasteiger partial charge in [0.15, 0.2) is 5.78 Å². The highest BCUT2D eigenvalue weighted by atomic mass is 32.2. The number of thioether (sulfide) groups is 1. The number of hydrogen-bond donors (Lipinski definition) is 2. The molecule has 4 aromatic rings. The lowest BCUT2D eigenvalue weighted by molar-refractivity contribution is 0.102. The first kappa shape index (κ1) is 18.7. The van der Waals surface area contributed by atoms with Crippen molar-refractivity contribution in [3.05, 3.63) is 56.9 Å². The maximum absolute atomic E-state index is 12.6. The van der Waals surface area contributed by atoms with Crippen LogP contribution in [0.2, 0.25) is 0 Å². The van der Waals surface area contributed by atoms with Crippen molar-refractivity contribution in [2.75, 3.05) is 11.5 Å². The van der Waals surface area contributed by atoms with E-state index in [4.69, 9.17) is 10.2 Å². The topological polar surface area (TPSA) is 142 Å². The first-order valence-electron chi connectivity index (χ1n) is 8.50. The largest absolute Gasteiger partial charge is 0.411 e. The molecule has 0 amide bonds. The van der Waals surface area contributed by atoms with Crippen LogP contribution >= 0.6 is 11.8 Å². The monoisotopic (exact) mass is 412 g/mol. The van der Waals surface area contributed by atoms with Crippen LogP contribution in [-0.2, 0) is 14.1 Å². The van der Waals surface area contributed by atoms with Gasteiger partial charge in [0.2, 0.25) is 0 Å². The lowest BCUT2D eigenvalue weighted by atomic mass is 10.2. The van der Waals surface area contributed by atoms with E-state index in [1.807, 2.05) is 24.3 Å². The number of ketones is 1. The minimum atomic E-state index is -0.735. The Hall–Kier alpha value is -3.60. The highest BCUT2D eigenvalue weighted by Gasteiger charge is 2.21. The normalized spacial score (nSPS) is 11.2. The van der Waals surface area contributed by atoms with Gasteiger partial charge in [-0.25, -0.2) is 4.79 Å². The fraction of sp³-hybridized carbons (Fsp3) is 0.167. The molecule has 0 spiro atoms. The van der Waals surface area contributed by atoms with E-state index in [0.717, 1.165) is 37.4 Å². The number of Topliss-reactive ketones (excluding diaryl/α,β-unsaturated/α-hetero) is 1. The van der Waals surface area contributed by atoms with Crippen LogP contribution in [0.1, 0.15) is 10.4 Å². The van der Waals surface area contributed by atoms with Crippen molar-refractivity contribution >= 4 is 34.3 Å². The molecule has 148 valence electrons. The molecule has 0 bridgehead atoms. The summed E-state index contributed by atoms with van der Waals surface area (Å²) in [4.78, 5) is 39.8. The summed E-state index contributed by atoms with van der Waals surface area (Å²) in [5, 5.41) is 9.09. The first-order valence-corrected chi connectivity index (χ1v) is 9.48. The smallest absolute Gasteiger partial charge is 0.332 e. The number of nitrogens with two attached hydrogens (primary N) is 1. The Kier molecular flexibility index (Phi) is 4.59. The lowest BCUT2D eigenvalue weighted by Crippen LogP contribution is -2.41.